The van der Waals surface area contributed by atoms with Crippen molar-refractivity contribution in [2.75, 3.05) is 7.11 Å². The fraction of sp³-hybridized carbons (Fsp3) is 0.750. The second-order valence-electron chi connectivity index (χ2n) is 2.60. The van der Waals surface area contributed by atoms with Crippen molar-refractivity contribution in [3.05, 3.63) is 11.3 Å². The predicted octanol–water partition coefficient (Wildman–Crippen LogP) is 2.58. The normalized spacial score (nSPS) is 13.6. The quantitative estimate of drug-likeness (QED) is 0.519. The SMILES string of the molecule is CO/C(C)=C(\C)C(C)C. The predicted molar refractivity (Wildman–Crippen MR) is 40.2 cm³/mol. The van der Waals surface area contributed by atoms with E-state index in [9.17, 15) is 0 Å². The fourth-order valence-corrected chi connectivity index (χ4v) is 0.568. The molecule has 0 fully saturated rings. The molecular formula is C8H16O. The molecule has 0 bridgehead atoms. The van der Waals surface area contributed by atoms with E-state index in [0.717, 1.165) is 5.76 Å². The molecule has 1 nitrogen and oxygen atoms in total. The van der Waals surface area contributed by atoms with Crippen molar-refractivity contribution < 1.29 is 4.74 Å². The first-order valence-corrected chi connectivity index (χ1v) is 3.31. The van der Waals surface area contributed by atoms with E-state index < -0.39 is 0 Å². The summed E-state index contributed by atoms with van der Waals surface area (Å²) in [7, 11) is 1.71. The van der Waals surface area contributed by atoms with Gasteiger partial charge in [-0.3, -0.25) is 0 Å². The zero-order valence-electron chi connectivity index (χ0n) is 6.99. The van der Waals surface area contributed by atoms with Gasteiger partial charge in [0.05, 0.1) is 12.9 Å². The molecule has 0 atom stereocenters. The van der Waals surface area contributed by atoms with Gasteiger partial charge in [0.25, 0.3) is 0 Å². The van der Waals surface area contributed by atoms with Gasteiger partial charge in [-0.25, -0.2) is 0 Å². The first kappa shape index (κ1) is 8.54. The van der Waals surface area contributed by atoms with Gasteiger partial charge in [-0.2, -0.15) is 0 Å². The van der Waals surface area contributed by atoms with Gasteiger partial charge >= 0.3 is 0 Å². The Balaban J connectivity index is 4.10. The van der Waals surface area contributed by atoms with Crippen LogP contribution in [0.2, 0.25) is 0 Å². The van der Waals surface area contributed by atoms with Gasteiger partial charge in [0.1, 0.15) is 0 Å². The summed E-state index contributed by atoms with van der Waals surface area (Å²) in [6, 6.07) is 0. The molecule has 1 heteroatoms. The molecule has 0 amide bonds. The summed E-state index contributed by atoms with van der Waals surface area (Å²) in [5, 5.41) is 0. The minimum atomic E-state index is 0.602. The van der Waals surface area contributed by atoms with Crippen LogP contribution < -0.4 is 0 Å². The molecule has 0 heterocycles. The molecule has 0 radical (unpaired) electrons. The molecule has 0 N–H and O–H groups in total. The fourth-order valence-electron chi connectivity index (χ4n) is 0.568. The smallest absolute Gasteiger partial charge is 0.0916 e. The average Bonchev–Trinajstić information content (AvgIpc) is 1.84. The van der Waals surface area contributed by atoms with Crippen LogP contribution in [0.3, 0.4) is 0 Å². The molecule has 0 rings (SSSR count). The summed E-state index contributed by atoms with van der Waals surface area (Å²) in [6.07, 6.45) is 0. The summed E-state index contributed by atoms with van der Waals surface area (Å²) in [5.41, 5.74) is 1.33. The molecule has 0 saturated heterocycles. The Morgan fingerprint density at radius 1 is 1.22 bits per heavy atom. The minimum Gasteiger partial charge on any atom is -0.501 e. The second-order valence-corrected chi connectivity index (χ2v) is 2.60. The van der Waals surface area contributed by atoms with E-state index >= 15 is 0 Å². The number of hydrogen-bond donors (Lipinski definition) is 0. The van der Waals surface area contributed by atoms with Crippen molar-refractivity contribution in [2.24, 2.45) is 5.92 Å². The maximum absolute atomic E-state index is 5.05. The average molecular weight is 128 g/mol. The third kappa shape index (κ3) is 2.54. The zero-order chi connectivity index (χ0) is 7.44. The van der Waals surface area contributed by atoms with Gasteiger partial charge in [0.15, 0.2) is 0 Å². The van der Waals surface area contributed by atoms with Crippen LogP contribution in [0.25, 0.3) is 0 Å². The van der Waals surface area contributed by atoms with E-state index in [2.05, 4.69) is 20.8 Å². The summed E-state index contributed by atoms with van der Waals surface area (Å²) in [4.78, 5) is 0. The summed E-state index contributed by atoms with van der Waals surface area (Å²) >= 11 is 0. The molecule has 9 heavy (non-hydrogen) atoms. The van der Waals surface area contributed by atoms with Crippen LogP contribution in [0.5, 0.6) is 0 Å². The van der Waals surface area contributed by atoms with Gasteiger partial charge in [-0.1, -0.05) is 13.8 Å². The topological polar surface area (TPSA) is 9.23 Å². The highest BCUT2D eigenvalue weighted by atomic mass is 16.5. The first-order chi connectivity index (χ1) is 4.09. The Hall–Kier alpha value is -0.460. The van der Waals surface area contributed by atoms with Crippen molar-refractivity contribution in [3.63, 3.8) is 0 Å². The number of methoxy groups -OCH3 is 1. The van der Waals surface area contributed by atoms with Crippen molar-refractivity contribution in [1.82, 2.24) is 0 Å². The third-order valence-electron chi connectivity index (χ3n) is 1.73. The molecule has 0 aromatic carbocycles. The molecular weight excluding hydrogens is 112 g/mol. The van der Waals surface area contributed by atoms with E-state index in [-0.39, 0.29) is 0 Å². The van der Waals surface area contributed by atoms with E-state index in [4.69, 9.17) is 4.74 Å². The lowest BCUT2D eigenvalue weighted by Crippen LogP contribution is -1.94. The highest BCUT2D eigenvalue weighted by Crippen LogP contribution is 2.13. The van der Waals surface area contributed by atoms with Crippen molar-refractivity contribution >= 4 is 0 Å². The zero-order valence-corrected chi connectivity index (χ0v) is 6.99. The number of hydrogen-bond acceptors (Lipinski definition) is 1. The molecule has 0 aromatic heterocycles. The molecule has 0 unspecified atom stereocenters. The monoisotopic (exact) mass is 128 g/mol. The Kier molecular flexibility index (Phi) is 3.36. The molecule has 0 aliphatic carbocycles. The van der Waals surface area contributed by atoms with E-state index in [1.807, 2.05) is 6.92 Å². The van der Waals surface area contributed by atoms with Crippen LogP contribution in [-0.4, -0.2) is 7.11 Å². The van der Waals surface area contributed by atoms with Crippen molar-refractivity contribution in [2.45, 2.75) is 27.7 Å². The van der Waals surface area contributed by atoms with Gasteiger partial charge < -0.3 is 4.74 Å². The number of allylic oxidation sites excluding steroid dienone is 2. The molecule has 0 spiro atoms. The van der Waals surface area contributed by atoms with Crippen LogP contribution in [0.1, 0.15) is 27.7 Å². The Bertz CT molecular complexity index is 112. The maximum Gasteiger partial charge on any atom is 0.0916 e. The molecule has 0 aliphatic heterocycles. The van der Waals surface area contributed by atoms with Gasteiger partial charge in [0, 0.05) is 0 Å². The highest BCUT2D eigenvalue weighted by Gasteiger charge is 1.99. The van der Waals surface area contributed by atoms with Crippen molar-refractivity contribution in [3.8, 4) is 0 Å². The lowest BCUT2D eigenvalue weighted by atomic mass is 10.0. The number of rotatable bonds is 2. The largest absolute Gasteiger partial charge is 0.501 e. The Morgan fingerprint density at radius 3 is 1.78 bits per heavy atom. The summed E-state index contributed by atoms with van der Waals surface area (Å²) in [5.74, 6) is 1.65. The van der Waals surface area contributed by atoms with Crippen LogP contribution >= 0.6 is 0 Å². The van der Waals surface area contributed by atoms with Gasteiger partial charge in [-0.05, 0) is 25.3 Å². The molecule has 0 aliphatic rings. The van der Waals surface area contributed by atoms with Crippen LogP contribution in [0.4, 0.5) is 0 Å². The highest BCUT2D eigenvalue weighted by molar-refractivity contribution is 5.05. The van der Waals surface area contributed by atoms with Crippen molar-refractivity contribution in [1.29, 1.82) is 0 Å². The molecule has 0 aromatic rings. The van der Waals surface area contributed by atoms with E-state index in [1.54, 1.807) is 7.11 Å². The Morgan fingerprint density at radius 2 is 1.67 bits per heavy atom. The third-order valence-corrected chi connectivity index (χ3v) is 1.73. The van der Waals surface area contributed by atoms with E-state index in [0.29, 0.717) is 5.92 Å². The molecule has 54 valence electrons. The van der Waals surface area contributed by atoms with E-state index in [1.165, 1.54) is 5.57 Å². The minimum absolute atomic E-state index is 0.602. The van der Waals surface area contributed by atoms with Crippen LogP contribution in [0, 0.1) is 5.92 Å². The van der Waals surface area contributed by atoms with Gasteiger partial charge in [-0.15, -0.1) is 0 Å². The first-order valence-electron chi connectivity index (χ1n) is 3.31. The standard InChI is InChI=1S/C8H16O/c1-6(2)7(3)8(4)9-5/h6H,1-5H3/b8-7+. The van der Waals surface area contributed by atoms with Gasteiger partial charge in [0.2, 0.25) is 0 Å². The lowest BCUT2D eigenvalue weighted by molar-refractivity contribution is 0.285. The lowest BCUT2D eigenvalue weighted by Gasteiger charge is -2.08. The summed E-state index contributed by atoms with van der Waals surface area (Å²) in [6.45, 7) is 8.43. The molecule has 0 saturated carbocycles. The summed E-state index contributed by atoms with van der Waals surface area (Å²) < 4.78 is 5.05. The Labute approximate surface area is 57.7 Å². The number of ether oxygens (including phenoxy) is 1. The maximum atomic E-state index is 5.05. The van der Waals surface area contributed by atoms with Crippen LogP contribution in [0.15, 0.2) is 11.3 Å². The van der Waals surface area contributed by atoms with Crippen LogP contribution in [-0.2, 0) is 4.74 Å². The second kappa shape index (κ2) is 3.54.